The van der Waals surface area contributed by atoms with Crippen LogP contribution < -0.4 is 0 Å². The first-order chi connectivity index (χ1) is 12.2. The van der Waals surface area contributed by atoms with Gasteiger partial charge < -0.3 is 14.2 Å². The first-order valence-electron chi connectivity index (χ1n) is 10.2. The fourth-order valence-corrected chi connectivity index (χ4v) is 3.87. The zero-order valence-electron chi connectivity index (χ0n) is 15.8. The van der Waals surface area contributed by atoms with Crippen molar-refractivity contribution in [1.82, 2.24) is 0 Å². The van der Waals surface area contributed by atoms with E-state index < -0.39 is 11.8 Å². The van der Waals surface area contributed by atoms with E-state index in [0.717, 1.165) is 64.2 Å². The Bertz CT molecular complexity index is 384. The molecule has 2 rings (SSSR count). The molecule has 0 aromatic heterocycles. The van der Waals surface area contributed by atoms with Crippen molar-refractivity contribution >= 4 is 11.9 Å². The van der Waals surface area contributed by atoms with E-state index in [1.807, 2.05) is 0 Å². The van der Waals surface area contributed by atoms with Gasteiger partial charge in [0.25, 0.3) is 0 Å². The lowest BCUT2D eigenvalue weighted by atomic mass is 9.79. The second kappa shape index (κ2) is 10.8. The minimum absolute atomic E-state index is 0.175. The number of hydrogen-bond acceptors (Lipinski definition) is 5. The van der Waals surface area contributed by atoms with Crippen molar-refractivity contribution in [3.63, 3.8) is 0 Å². The molecule has 0 radical (unpaired) electrons. The molecule has 25 heavy (non-hydrogen) atoms. The molecule has 0 N–H and O–H groups in total. The van der Waals surface area contributed by atoms with Gasteiger partial charge in [-0.05, 0) is 25.7 Å². The van der Waals surface area contributed by atoms with Crippen molar-refractivity contribution in [3.8, 4) is 0 Å². The highest BCUT2D eigenvalue weighted by molar-refractivity contribution is 5.84. The lowest BCUT2D eigenvalue weighted by Gasteiger charge is -2.25. The van der Waals surface area contributed by atoms with Crippen LogP contribution in [0.1, 0.15) is 78.1 Å². The minimum atomic E-state index is -0.479. The van der Waals surface area contributed by atoms with Crippen LogP contribution in [-0.4, -0.2) is 37.4 Å². The highest BCUT2D eigenvalue weighted by Crippen LogP contribution is 2.44. The van der Waals surface area contributed by atoms with E-state index in [-0.39, 0.29) is 24.1 Å². The number of esters is 2. The Kier molecular flexibility index (Phi) is 8.73. The lowest BCUT2D eigenvalue weighted by Crippen LogP contribution is -2.40. The van der Waals surface area contributed by atoms with Gasteiger partial charge in [0.15, 0.2) is 0 Å². The summed E-state index contributed by atoms with van der Waals surface area (Å²) in [6.45, 7) is 5.17. The Hall–Kier alpha value is -1.10. The molecule has 5 heteroatoms. The fourth-order valence-electron chi connectivity index (χ4n) is 3.87. The molecular weight excluding hydrogens is 320 g/mol. The Morgan fingerprint density at radius 1 is 0.760 bits per heavy atom. The Balaban J connectivity index is 1.79. The Morgan fingerprint density at radius 3 is 1.60 bits per heavy atom. The van der Waals surface area contributed by atoms with Crippen molar-refractivity contribution in [1.29, 1.82) is 0 Å². The largest absolute Gasteiger partial charge is 0.465 e. The summed E-state index contributed by atoms with van der Waals surface area (Å²) in [6, 6.07) is 0. The van der Waals surface area contributed by atoms with E-state index in [9.17, 15) is 9.59 Å². The van der Waals surface area contributed by atoms with Crippen molar-refractivity contribution in [2.24, 2.45) is 11.8 Å². The number of ether oxygens (including phenoxy) is 3. The third-order valence-electron chi connectivity index (χ3n) is 5.30. The van der Waals surface area contributed by atoms with Crippen LogP contribution in [0.3, 0.4) is 0 Å². The van der Waals surface area contributed by atoms with Crippen LogP contribution in [-0.2, 0) is 23.8 Å². The first-order valence-corrected chi connectivity index (χ1v) is 10.2. The van der Waals surface area contributed by atoms with Crippen LogP contribution in [0.4, 0.5) is 0 Å². The van der Waals surface area contributed by atoms with Gasteiger partial charge in [-0.1, -0.05) is 52.4 Å². The van der Waals surface area contributed by atoms with Gasteiger partial charge in [-0.3, -0.25) is 9.59 Å². The van der Waals surface area contributed by atoms with E-state index in [0.29, 0.717) is 13.2 Å². The van der Waals surface area contributed by atoms with Gasteiger partial charge in [0, 0.05) is 0 Å². The van der Waals surface area contributed by atoms with Gasteiger partial charge >= 0.3 is 11.9 Å². The summed E-state index contributed by atoms with van der Waals surface area (Å²) in [4.78, 5) is 25.0. The maximum absolute atomic E-state index is 12.5. The summed E-state index contributed by atoms with van der Waals surface area (Å²) in [7, 11) is 0. The van der Waals surface area contributed by atoms with Gasteiger partial charge in [0.1, 0.15) is 0 Å². The average molecular weight is 354 g/mol. The number of fused-ring (bicyclic) bond motifs is 2. The Labute approximate surface area is 151 Å². The van der Waals surface area contributed by atoms with Crippen LogP contribution in [0, 0.1) is 11.8 Å². The summed E-state index contributed by atoms with van der Waals surface area (Å²) >= 11 is 0. The predicted molar refractivity (Wildman–Crippen MR) is 95.1 cm³/mol. The molecule has 2 heterocycles. The zero-order chi connectivity index (χ0) is 18.1. The summed E-state index contributed by atoms with van der Waals surface area (Å²) < 4.78 is 16.7. The van der Waals surface area contributed by atoms with Crippen molar-refractivity contribution < 1.29 is 23.8 Å². The first kappa shape index (κ1) is 20.2. The molecule has 144 valence electrons. The third kappa shape index (κ3) is 5.70. The van der Waals surface area contributed by atoms with Gasteiger partial charge in [-0.15, -0.1) is 0 Å². The standard InChI is InChI=1S/C20H34O5/c1-3-5-7-9-13-23-19(21)17-15-11-12-16(25-15)18(17)20(22)24-14-10-8-6-4-2/h15-18H,3-14H2,1-2H3. The van der Waals surface area contributed by atoms with Gasteiger partial charge in [-0.2, -0.15) is 0 Å². The second-order valence-corrected chi connectivity index (χ2v) is 7.30. The summed E-state index contributed by atoms with van der Waals surface area (Å²) in [5.41, 5.74) is 0. The van der Waals surface area contributed by atoms with Crippen molar-refractivity contribution in [3.05, 3.63) is 0 Å². The van der Waals surface area contributed by atoms with E-state index in [1.165, 1.54) is 0 Å². The average Bonchev–Trinajstić information content (AvgIpc) is 3.22. The van der Waals surface area contributed by atoms with Crippen LogP contribution in [0.2, 0.25) is 0 Å². The molecule has 0 aromatic rings. The fraction of sp³-hybridized carbons (Fsp3) is 0.900. The molecule has 0 amide bonds. The highest BCUT2D eigenvalue weighted by Gasteiger charge is 2.56. The van der Waals surface area contributed by atoms with Gasteiger partial charge in [-0.25, -0.2) is 0 Å². The van der Waals surface area contributed by atoms with E-state index in [2.05, 4.69) is 13.8 Å². The van der Waals surface area contributed by atoms with Crippen molar-refractivity contribution in [2.45, 2.75) is 90.3 Å². The van der Waals surface area contributed by atoms with Crippen molar-refractivity contribution in [2.75, 3.05) is 13.2 Å². The second-order valence-electron chi connectivity index (χ2n) is 7.30. The van der Waals surface area contributed by atoms with E-state index in [1.54, 1.807) is 0 Å². The molecule has 0 spiro atoms. The number of hydrogen-bond donors (Lipinski definition) is 0. The molecule has 4 atom stereocenters. The Morgan fingerprint density at radius 2 is 1.20 bits per heavy atom. The highest BCUT2D eigenvalue weighted by atomic mass is 16.6. The molecule has 4 unspecified atom stereocenters. The molecule has 2 bridgehead atoms. The maximum atomic E-state index is 12.5. The molecular formula is C20H34O5. The number of rotatable bonds is 12. The quantitative estimate of drug-likeness (QED) is 0.391. The number of unbranched alkanes of at least 4 members (excludes halogenated alkanes) is 6. The summed E-state index contributed by atoms with van der Waals surface area (Å²) in [5, 5.41) is 0. The van der Waals surface area contributed by atoms with Gasteiger partial charge in [0.2, 0.25) is 0 Å². The number of carbonyl (C=O) groups is 2. The smallest absolute Gasteiger partial charge is 0.312 e. The van der Waals surface area contributed by atoms with E-state index >= 15 is 0 Å². The summed E-state index contributed by atoms with van der Waals surface area (Å²) in [5.74, 6) is -1.52. The van der Waals surface area contributed by atoms with Crippen LogP contribution in [0.15, 0.2) is 0 Å². The molecule has 0 aromatic carbocycles. The molecule has 0 saturated carbocycles. The summed E-state index contributed by atoms with van der Waals surface area (Å²) in [6.07, 6.45) is 9.84. The zero-order valence-corrected chi connectivity index (χ0v) is 15.8. The molecule has 5 nitrogen and oxygen atoms in total. The maximum Gasteiger partial charge on any atom is 0.312 e. The third-order valence-corrected chi connectivity index (χ3v) is 5.30. The minimum Gasteiger partial charge on any atom is -0.465 e. The lowest BCUT2D eigenvalue weighted by molar-refractivity contribution is -0.161. The molecule has 2 saturated heterocycles. The van der Waals surface area contributed by atoms with E-state index in [4.69, 9.17) is 14.2 Å². The topological polar surface area (TPSA) is 61.8 Å². The van der Waals surface area contributed by atoms with Crippen LogP contribution >= 0.6 is 0 Å². The normalized spacial score (nSPS) is 27.4. The molecule has 2 fully saturated rings. The molecule has 2 aliphatic rings. The molecule has 2 aliphatic heterocycles. The van der Waals surface area contributed by atoms with Gasteiger partial charge in [0.05, 0.1) is 37.3 Å². The van der Waals surface area contributed by atoms with Crippen LogP contribution in [0.5, 0.6) is 0 Å². The number of carbonyl (C=O) groups excluding carboxylic acids is 2. The van der Waals surface area contributed by atoms with Crippen LogP contribution in [0.25, 0.3) is 0 Å². The predicted octanol–water partition coefficient (Wildman–Crippen LogP) is 4.03. The molecule has 0 aliphatic carbocycles. The SMILES string of the molecule is CCCCCCOC(=O)C1C2CCC(O2)C1C(=O)OCCCCCC. The monoisotopic (exact) mass is 354 g/mol.